The van der Waals surface area contributed by atoms with Crippen molar-refractivity contribution in [2.24, 2.45) is 63.3 Å². The van der Waals surface area contributed by atoms with Gasteiger partial charge in [0.05, 0.1) is 24.0 Å². The Labute approximate surface area is 420 Å². The highest BCUT2D eigenvalue weighted by molar-refractivity contribution is 5.97. The summed E-state index contributed by atoms with van der Waals surface area (Å²) in [6.07, 6.45) is 18.0. The van der Waals surface area contributed by atoms with E-state index in [0.717, 1.165) is 38.5 Å². The number of guanidine groups is 1. The van der Waals surface area contributed by atoms with Crippen LogP contribution in [0.5, 0.6) is 0 Å². The molecule has 7 atom stereocenters. The van der Waals surface area contributed by atoms with Crippen LogP contribution >= 0.6 is 0 Å². The number of amides is 4. The van der Waals surface area contributed by atoms with Gasteiger partial charge >= 0.3 is 0 Å². The minimum atomic E-state index is -1.18. The summed E-state index contributed by atoms with van der Waals surface area (Å²) >= 11 is 0. The third-order valence-electron chi connectivity index (χ3n) is 13.6. The van der Waals surface area contributed by atoms with E-state index in [1.54, 1.807) is 25.7 Å². The molecule has 1 fully saturated rings. The van der Waals surface area contributed by atoms with Crippen molar-refractivity contribution >= 4 is 52.7 Å². The molecule has 13 N–H and O–H groups in total. The molecule has 1 rings (SSSR count). The van der Waals surface area contributed by atoms with Crippen molar-refractivity contribution in [3.63, 3.8) is 0 Å². The van der Waals surface area contributed by atoms with E-state index in [-0.39, 0.29) is 60.3 Å². The molecule has 1 heterocycles. The Morgan fingerprint density at radius 2 is 1.19 bits per heavy atom. The molecule has 4 amide bonds. The van der Waals surface area contributed by atoms with Crippen molar-refractivity contribution in [1.29, 1.82) is 0 Å². The van der Waals surface area contributed by atoms with Crippen molar-refractivity contribution in [1.82, 2.24) is 20.9 Å². The summed E-state index contributed by atoms with van der Waals surface area (Å²) in [6.45, 7) is 12.0. The van der Waals surface area contributed by atoms with Gasteiger partial charge in [0.15, 0.2) is 23.3 Å². The van der Waals surface area contributed by atoms with Gasteiger partial charge in [-0.15, -0.1) is 0 Å². The van der Waals surface area contributed by atoms with Crippen LogP contribution in [0.25, 0.3) is 0 Å². The summed E-state index contributed by atoms with van der Waals surface area (Å²) in [5, 5.41) is 8.25. The van der Waals surface area contributed by atoms with Gasteiger partial charge in [0.1, 0.15) is 12.1 Å². The zero-order valence-electron chi connectivity index (χ0n) is 44.0. The van der Waals surface area contributed by atoms with Crippen LogP contribution in [0.2, 0.25) is 0 Å². The molecule has 0 saturated carbocycles. The fourth-order valence-corrected chi connectivity index (χ4v) is 9.23. The maximum atomic E-state index is 14.2. The van der Waals surface area contributed by atoms with E-state index in [4.69, 9.17) is 28.7 Å². The van der Waals surface area contributed by atoms with Gasteiger partial charge in [-0.3, -0.25) is 48.7 Å². The molecule has 18 nitrogen and oxygen atoms in total. The molecule has 0 aromatic heterocycles. The van der Waals surface area contributed by atoms with Crippen LogP contribution in [0.1, 0.15) is 202 Å². The van der Waals surface area contributed by atoms with Crippen LogP contribution in [-0.2, 0) is 38.4 Å². The number of Topliss-reactive ketones (excluding diaryl/α,β-unsaturated/α-hetero) is 4. The van der Waals surface area contributed by atoms with Crippen molar-refractivity contribution in [3.05, 3.63) is 0 Å². The Morgan fingerprint density at radius 1 is 0.629 bits per heavy atom. The highest BCUT2D eigenvalue weighted by Gasteiger charge is 2.40. The third-order valence-corrected chi connectivity index (χ3v) is 13.6. The highest BCUT2D eigenvalue weighted by atomic mass is 16.2. The summed E-state index contributed by atoms with van der Waals surface area (Å²) < 4.78 is 0. The molecule has 18 heteroatoms. The van der Waals surface area contributed by atoms with E-state index < -0.39 is 78.5 Å². The van der Waals surface area contributed by atoms with Gasteiger partial charge in [-0.1, -0.05) is 105 Å². The van der Waals surface area contributed by atoms with Crippen LogP contribution in [0, 0.1) is 29.6 Å². The fourth-order valence-electron chi connectivity index (χ4n) is 9.23. The normalized spacial score (nSPS) is 16.3. The first-order chi connectivity index (χ1) is 33.2. The zero-order chi connectivity index (χ0) is 52.6. The molecule has 1 aliphatic heterocycles. The molecule has 0 radical (unpaired) electrons. The molecule has 1 saturated heterocycles. The summed E-state index contributed by atoms with van der Waals surface area (Å²) in [5.41, 5.74) is 27.5. The van der Waals surface area contributed by atoms with E-state index in [1.165, 1.54) is 64.7 Å². The number of aliphatic imine (C=N–C) groups is 1. The van der Waals surface area contributed by atoms with E-state index in [0.29, 0.717) is 51.7 Å². The van der Waals surface area contributed by atoms with E-state index in [1.807, 2.05) is 6.92 Å². The molecule has 0 spiro atoms. The zero-order valence-corrected chi connectivity index (χ0v) is 44.0. The SMILES string of the molecule is CCCCCCCCCCCCCCCC(=O)C[C@@H](CCCN=C(N)N)C(=O)N1CCC[C@H]1C(=O)C[C@H](C(=O)N[C@@H](C)C(=O)C[C@@H](CC(N)=O)C(=O)N[C@@H](C)C(=O)C[C@H](C)CCCNC(N)N)C(C)C. The second kappa shape index (κ2) is 36.6. The molecule has 0 aromatic carbocycles. The Balaban J connectivity index is 2.87. The summed E-state index contributed by atoms with van der Waals surface area (Å²) in [4.78, 5) is 113. The molecule has 1 aliphatic rings. The molecule has 0 aliphatic carbocycles. The lowest BCUT2D eigenvalue weighted by Gasteiger charge is -2.30. The van der Waals surface area contributed by atoms with Crippen LogP contribution in [0.15, 0.2) is 4.99 Å². The summed E-state index contributed by atoms with van der Waals surface area (Å²) in [6, 6.07) is -2.73. The Bertz CT molecular complexity index is 1640. The predicted octanol–water partition coefficient (Wildman–Crippen LogP) is 4.95. The molecule has 70 heavy (non-hydrogen) atoms. The van der Waals surface area contributed by atoms with Gasteiger partial charge in [-0.25, -0.2) is 0 Å². The first-order valence-electron chi connectivity index (χ1n) is 26.8. The number of hydrogen-bond acceptors (Lipinski definition) is 12. The first kappa shape index (κ1) is 63.7. The number of carbonyl (C=O) groups is 8. The van der Waals surface area contributed by atoms with Crippen molar-refractivity contribution in [2.75, 3.05) is 19.6 Å². The van der Waals surface area contributed by atoms with Crippen LogP contribution in [0.3, 0.4) is 0 Å². The lowest BCUT2D eigenvalue weighted by molar-refractivity contribution is -0.143. The number of primary amides is 1. The molecule has 0 bridgehead atoms. The standard InChI is InChI=1S/C52H96N10O8/c1-7-8-9-10-11-12-13-14-15-16-17-18-19-25-41(63)31-39(24-21-28-59-52(56)57)50(70)62-29-22-26-43(62)46(66)34-42(35(2)3)49(69)61-38(6)45(65)32-40(33-47(53)67)48(68)60-37(5)44(64)30-36(4)23-20-27-58-51(54)55/h35-40,42-43,51,58H,7-34,54-55H2,1-6H3,(H2,53,67)(H,60,68)(H,61,69)(H4,56,57,59)/t36-,37+,38+,39-,40+,42+,43+/m1/s1. The number of rotatable bonds is 42. The molecular formula is C52H96N10O8. The highest BCUT2D eigenvalue weighted by Crippen LogP contribution is 2.28. The fraction of sp³-hybridized carbons (Fsp3) is 0.827. The third kappa shape index (κ3) is 27.9. The van der Waals surface area contributed by atoms with E-state index in [2.05, 4.69) is 27.9 Å². The molecule has 402 valence electrons. The minimum Gasteiger partial charge on any atom is -0.370 e. The van der Waals surface area contributed by atoms with Crippen LogP contribution < -0.4 is 44.6 Å². The topological polar surface area (TPSA) is 318 Å². The quantitative estimate of drug-likeness (QED) is 0.0174. The number of unbranched alkanes of at least 4 members (excludes halogenated alkanes) is 12. The van der Waals surface area contributed by atoms with Crippen LogP contribution in [-0.4, -0.2) is 102 Å². The van der Waals surface area contributed by atoms with Gasteiger partial charge < -0.3 is 44.2 Å². The number of carbonyl (C=O) groups excluding carboxylic acids is 8. The molecule has 0 unspecified atom stereocenters. The van der Waals surface area contributed by atoms with Gasteiger partial charge in [-0.2, -0.15) is 0 Å². The summed E-state index contributed by atoms with van der Waals surface area (Å²) in [7, 11) is 0. The van der Waals surface area contributed by atoms with E-state index >= 15 is 0 Å². The van der Waals surface area contributed by atoms with Crippen molar-refractivity contribution < 1.29 is 38.4 Å². The van der Waals surface area contributed by atoms with Crippen molar-refractivity contribution in [3.8, 4) is 0 Å². The Morgan fingerprint density at radius 3 is 1.73 bits per heavy atom. The van der Waals surface area contributed by atoms with Crippen LogP contribution in [0.4, 0.5) is 0 Å². The summed E-state index contributed by atoms with van der Waals surface area (Å²) in [5.74, 6) is -6.31. The average molecular weight is 989 g/mol. The molecular weight excluding hydrogens is 893 g/mol. The largest absolute Gasteiger partial charge is 0.370 e. The lowest BCUT2D eigenvalue weighted by Crippen LogP contribution is -2.48. The van der Waals surface area contributed by atoms with E-state index in [9.17, 15) is 38.4 Å². The molecule has 0 aromatic rings. The van der Waals surface area contributed by atoms with Gasteiger partial charge in [0.2, 0.25) is 23.6 Å². The maximum absolute atomic E-state index is 14.2. The number of nitrogens with two attached hydrogens (primary N) is 5. The van der Waals surface area contributed by atoms with Crippen molar-refractivity contribution in [2.45, 2.75) is 226 Å². The Kier molecular flexibility index (Phi) is 33.3. The van der Waals surface area contributed by atoms with Gasteiger partial charge in [-0.05, 0) is 77.2 Å². The number of nitrogens with zero attached hydrogens (tertiary/aromatic N) is 2. The number of likely N-dealkylation sites (tertiary alicyclic amines) is 1. The number of hydrogen-bond donors (Lipinski definition) is 8. The predicted molar refractivity (Wildman–Crippen MR) is 276 cm³/mol. The second-order valence-corrected chi connectivity index (χ2v) is 20.5. The number of ketones is 4. The first-order valence-corrected chi connectivity index (χ1v) is 26.8. The smallest absolute Gasteiger partial charge is 0.226 e. The average Bonchev–Trinajstić information content (AvgIpc) is 3.79. The lowest BCUT2D eigenvalue weighted by atomic mass is 9.86. The Hall–Kier alpha value is -4.29. The van der Waals surface area contributed by atoms with Gasteiger partial charge in [0, 0.05) is 63.5 Å². The van der Waals surface area contributed by atoms with Gasteiger partial charge in [0.25, 0.3) is 0 Å². The number of nitrogens with one attached hydrogen (secondary N) is 3. The second-order valence-electron chi connectivity index (χ2n) is 20.5. The minimum absolute atomic E-state index is 0.0207. The maximum Gasteiger partial charge on any atom is 0.226 e. The monoisotopic (exact) mass is 989 g/mol.